The van der Waals surface area contributed by atoms with E-state index in [9.17, 15) is 4.79 Å². The summed E-state index contributed by atoms with van der Waals surface area (Å²) in [5.41, 5.74) is 2.26. The van der Waals surface area contributed by atoms with Crippen LogP contribution in [0.3, 0.4) is 0 Å². The van der Waals surface area contributed by atoms with Crippen LogP contribution < -0.4 is 5.56 Å². The van der Waals surface area contributed by atoms with Gasteiger partial charge < -0.3 is 4.98 Å². The lowest BCUT2D eigenvalue weighted by Gasteiger charge is -2.23. The molecule has 1 saturated carbocycles. The normalized spacial score (nSPS) is 14.8. The maximum atomic E-state index is 12.9. The van der Waals surface area contributed by atoms with Gasteiger partial charge in [0.1, 0.15) is 5.82 Å². The molecule has 2 aromatic heterocycles. The lowest BCUT2D eigenvalue weighted by atomic mass is 9.85. The van der Waals surface area contributed by atoms with Crippen LogP contribution in [0.5, 0.6) is 0 Å². The molecule has 1 N–H and O–H groups in total. The first-order chi connectivity index (χ1) is 12.8. The van der Waals surface area contributed by atoms with E-state index in [4.69, 9.17) is 10.1 Å². The minimum absolute atomic E-state index is 0.113. The zero-order valence-electron chi connectivity index (χ0n) is 14.7. The fourth-order valence-electron chi connectivity index (χ4n) is 3.83. The molecule has 2 aromatic carbocycles. The lowest BCUT2D eigenvalue weighted by Crippen LogP contribution is -2.18. The van der Waals surface area contributed by atoms with Crippen molar-refractivity contribution in [2.24, 2.45) is 0 Å². The van der Waals surface area contributed by atoms with E-state index in [0.717, 1.165) is 47.1 Å². The van der Waals surface area contributed by atoms with E-state index in [1.165, 1.54) is 6.42 Å². The van der Waals surface area contributed by atoms with Crippen molar-refractivity contribution in [2.45, 2.75) is 38.5 Å². The van der Waals surface area contributed by atoms with Gasteiger partial charge in [-0.3, -0.25) is 4.79 Å². The van der Waals surface area contributed by atoms with Crippen LogP contribution in [-0.4, -0.2) is 19.6 Å². The Hall–Kier alpha value is -2.95. The third-order valence-corrected chi connectivity index (χ3v) is 5.45. The summed E-state index contributed by atoms with van der Waals surface area (Å²) in [6.07, 6.45) is 4.20. The number of hydrogen-bond acceptors (Lipinski definition) is 3. The van der Waals surface area contributed by atoms with Crippen molar-refractivity contribution < 1.29 is 0 Å². The number of nitrogens with one attached hydrogen (secondary N) is 1. The van der Waals surface area contributed by atoms with E-state index >= 15 is 0 Å². The Morgan fingerprint density at radius 3 is 2.73 bits per heavy atom. The van der Waals surface area contributed by atoms with Crippen molar-refractivity contribution in [2.75, 3.05) is 0 Å². The second kappa shape index (κ2) is 5.80. The van der Waals surface area contributed by atoms with E-state index in [1.807, 2.05) is 31.2 Å². The van der Waals surface area contributed by atoms with Gasteiger partial charge in [-0.05, 0) is 30.0 Å². The number of aromatic nitrogens is 4. The average molecular weight is 344 g/mol. The SMILES string of the molecule is CCc1nc(C2CCC2)n2nc(-c3cccc4ccccc34)[nH]c(=O)c12. The Morgan fingerprint density at radius 2 is 1.96 bits per heavy atom. The minimum atomic E-state index is -0.113. The van der Waals surface area contributed by atoms with Crippen LogP contribution in [0.4, 0.5) is 0 Å². The predicted molar refractivity (Wildman–Crippen MR) is 103 cm³/mol. The summed E-state index contributed by atoms with van der Waals surface area (Å²) in [7, 11) is 0. The standard InChI is InChI=1S/C21H20N4O/c1-2-17-18-21(26)23-19(24-25(18)20(22-17)14-9-5-10-14)16-12-6-8-13-7-3-4-11-15(13)16/h3-4,6-8,11-12,14H,2,5,9-10H2,1H3,(H,23,24,26). The Morgan fingerprint density at radius 1 is 1.15 bits per heavy atom. The Labute approximate surface area is 150 Å². The lowest BCUT2D eigenvalue weighted by molar-refractivity contribution is 0.396. The van der Waals surface area contributed by atoms with Crippen molar-refractivity contribution in [1.29, 1.82) is 0 Å². The molecular formula is C21H20N4O. The highest BCUT2D eigenvalue weighted by Crippen LogP contribution is 2.36. The quantitative estimate of drug-likeness (QED) is 0.609. The molecule has 5 rings (SSSR count). The van der Waals surface area contributed by atoms with Crippen LogP contribution in [-0.2, 0) is 6.42 Å². The van der Waals surface area contributed by atoms with Crippen LogP contribution in [0.2, 0.25) is 0 Å². The second-order valence-corrected chi connectivity index (χ2v) is 6.99. The largest absolute Gasteiger partial charge is 0.303 e. The van der Waals surface area contributed by atoms with Gasteiger partial charge in [0.05, 0.1) is 5.69 Å². The molecule has 0 spiro atoms. The number of aryl methyl sites for hydroxylation is 1. The maximum absolute atomic E-state index is 12.9. The topological polar surface area (TPSA) is 63.1 Å². The van der Waals surface area contributed by atoms with Gasteiger partial charge in [0.2, 0.25) is 0 Å². The van der Waals surface area contributed by atoms with Crippen LogP contribution in [0.25, 0.3) is 27.7 Å². The van der Waals surface area contributed by atoms with Gasteiger partial charge >= 0.3 is 0 Å². The molecule has 0 amide bonds. The van der Waals surface area contributed by atoms with Crippen molar-refractivity contribution in [1.82, 2.24) is 19.6 Å². The number of nitrogens with zero attached hydrogens (tertiary/aromatic N) is 3. The summed E-state index contributed by atoms with van der Waals surface area (Å²) in [6, 6.07) is 14.2. The molecule has 1 aliphatic rings. The maximum Gasteiger partial charge on any atom is 0.277 e. The van der Waals surface area contributed by atoms with Crippen molar-refractivity contribution in [3.8, 4) is 11.4 Å². The van der Waals surface area contributed by atoms with E-state index in [1.54, 1.807) is 4.52 Å². The first-order valence-electron chi connectivity index (χ1n) is 9.26. The summed E-state index contributed by atoms with van der Waals surface area (Å²) in [5.74, 6) is 1.95. The third kappa shape index (κ3) is 2.20. The molecule has 0 atom stereocenters. The van der Waals surface area contributed by atoms with Gasteiger partial charge in [0, 0.05) is 11.5 Å². The second-order valence-electron chi connectivity index (χ2n) is 6.99. The molecule has 1 fully saturated rings. The number of hydrogen-bond donors (Lipinski definition) is 1. The molecule has 26 heavy (non-hydrogen) atoms. The number of imidazole rings is 1. The predicted octanol–water partition coefficient (Wildman–Crippen LogP) is 4.07. The van der Waals surface area contributed by atoms with Gasteiger partial charge in [-0.2, -0.15) is 0 Å². The zero-order valence-corrected chi connectivity index (χ0v) is 14.7. The number of rotatable bonds is 3. The first-order valence-corrected chi connectivity index (χ1v) is 9.26. The molecule has 1 aliphatic carbocycles. The van der Waals surface area contributed by atoms with E-state index in [2.05, 4.69) is 23.2 Å². The summed E-state index contributed by atoms with van der Waals surface area (Å²) in [4.78, 5) is 20.6. The Balaban J connectivity index is 1.80. The molecule has 4 aromatic rings. The van der Waals surface area contributed by atoms with Crippen LogP contribution in [0.1, 0.15) is 43.6 Å². The molecule has 0 saturated heterocycles. The minimum Gasteiger partial charge on any atom is -0.303 e. The summed E-state index contributed by atoms with van der Waals surface area (Å²) in [5, 5.41) is 7.04. The summed E-state index contributed by atoms with van der Waals surface area (Å²) in [6.45, 7) is 2.03. The smallest absolute Gasteiger partial charge is 0.277 e. The third-order valence-electron chi connectivity index (χ3n) is 5.45. The first kappa shape index (κ1) is 15.3. The number of fused-ring (bicyclic) bond motifs is 2. The average Bonchev–Trinajstić information content (AvgIpc) is 2.99. The monoisotopic (exact) mass is 344 g/mol. The molecule has 0 unspecified atom stereocenters. The Kier molecular flexibility index (Phi) is 3.42. The van der Waals surface area contributed by atoms with Crippen LogP contribution >= 0.6 is 0 Å². The van der Waals surface area contributed by atoms with Gasteiger partial charge in [0.15, 0.2) is 11.3 Å². The van der Waals surface area contributed by atoms with E-state index < -0.39 is 0 Å². The number of H-pyrrole nitrogens is 1. The van der Waals surface area contributed by atoms with Gasteiger partial charge in [-0.25, -0.2) is 9.50 Å². The van der Waals surface area contributed by atoms with E-state index in [0.29, 0.717) is 17.3 Å². The van der Waals surface area contributed by atoms with Crippen molar-refractivity contribution >= 4 is 16.3 Å². The summed E-state index contributed by atoms with van der Waals surface area (Å²) >= 11 is 0. The Bertz CT molecular complexity index is 1180. The van der Waals surface area contributed by atoms with Crippen LogP contribution in [0.15, 0.2) is 47.3 Å². The molecule has 5 heteroatoms. The highest BCUT2D eigenvalue weighted by atomic mass is 16.1. The van der Waals surface area contributed by atoms with Gasteiger partial charge in [-0.1, -0.05) is 55.8 Å². The molecular weight excluding hydrogens is 324 g/mol. The molecule has 130 valence electrons. The fourth-order valence-corrected chi connectivity index (χ4v) is 3.83. The fraction of sp³-hybridized carbons (Fsp3) is 0.286. The molecule has 5 nitrogen and oxygen atoms in total. The highest BCUT2D eigenvalue weighted by Gasteiger charge is 2.27. The summed E-state index contributed by atoms with van der Waals surface area (Å²) < 4.78 is 1.80. The zero-order chi connectivity index (χ0) is 17.7. The molecule has 0 radical (unpaired) electrons. The van der Waals surface area contributed by atoms with E-state index in [-0.39, 0.29) is 5.56 Å². The number of benzene rings is 2. The van der Waals surface area contributed by atoms with Crippen molar-refractivity contribution in [3.05, 3.63) is 64.3 Å². The highest BCUT2D eigenvalue weighted by molar-refractivity contribution is 5.94. The molecule has 0 bridgehead atoms. The van der Waals surface area contributed by atoms with Crippen molar-refractivity contribution in [3.63, 3.8) is 0 Å². The number of aromatic amines is 1. The van der Waals surface area contributed by atoms with Gasteiger partial charge in [0.25, 0.3) is 5.56 Å². The van der Waals surface area contributed by atoms with Crippen LogP contribution in [0, 0.1) is 0 Å². The molecule has 0 aliphatic heterocycles. The van der Waals surface area contributed by atoms with Gasteiger partial charge in [-0.15, -0.1) is 5.10 Å². The molecule has 2 heterocycles.